The average molecular weight is 224 g/mol. The van der Waals surface area contributed by atoms with Gasteiger partial charge < -0.3 is 15.9 Å². The number of nitrogens with zero attached hydrogens (tertiary/aromatic N) is 1. The lowest BCUT2D eigenvalue weighted by molar-refractivity contribution is -0.386. The Labute approximate surface area is 91.8 Å². The van der Waals surface area contributed by atoms with Gasteiger partial charge in [0.05, 0.1) is 4.92 Å². The van der Waals surface area contributed by atoms with Crippen LogP contribution in [0.15, 0.2) is 24.8 Å². The summed E-state index contributed by atoms with van der Waals surface area (Å²) >= 11 is 0. The molecule has 0 radical (unpaired) electrons. The Morgan fingerprint density at radius 3 is 2.69 bits per heavy atom. The number of nitro benzene ring substituents is 1. The molecular formula is C10H12N2O4. The van der Waals surface area contributed by atoms with Crippen molar-refractivity contribution in [2.24, 2.45) is 5.73 Å². The number of aromatic hydroxyl groups is 2. The van der Waals surface area contributed by atoms with Gasteiger partial charge in [-0.1, -0.05) is 6.08 Å². The van der Waals surface area contributed by atoms with Gasteiger partial charge in [-0.25, -0.2) is 0 Å². The molecule has 86 valence electrons. The third-order valence-electron chi connectivity index (χ3n) is 2.14. The van der Waals surface area contributed by atoms with Crippen molar-refractivity contribution in [2.75, 3.05) is 0 Å². The van der Waals surface area contributed by atoms with Crippen molar-refractivity contribution in [1.29, 1.82) is 0 Å². The quantitative estimate of drug-likeness (QED) is 0.311. The Morgan fingerprint density at radius 2 is 2.19 bits per heavy atom. The largest absolute Gasteiger partial charge is 0.504 e. The van der Waals surface area contributed by atoms with Gasteiger partial charge >= 0.3 is 5.69 Å². The molecule has 16 heavy (non-hydrogen) atoms. The molecule has 0 fully saturated rings. The van der Waals surface area contributed by atoms with E-state index < -0.39 is 28.2 Å². The van der Waals surface area contributed by atoms with Crippen LogP contribution in [0.2, 0.25) is 0 Å². The number of rotatable bonds is 4. The van der Waals surface area contributed by atoms with E-state index in [1.807, 2.05) is 0 Å². The summed E-state index contributed by atoms with van der Waals surface area (Å²) < 4.78 is 0. The second-order valence-corrected chi connectivity index (χ2v) is 3.30. The van der Waals surface area contributed by atoms with E-state index in [0.717, 1.165) is 6.07 Å². The van der Waals surface area contributed by atoms with Crippen molar-refractivity contribution in [2.45, 2.75) is 12.5 Å². The van der Waals surface area contributed by atoms with E-state index in [9.17, 15) is 20.3 Å². The molecule has 0 bridgehead atoms. The molecule has 0 aliphatic carbocycles. The lowest BCUT2D eigenvalue weighted by atomic mass is 10.0. The molecule has 1 rings (SSSR count). The minimum absolute atomic E-state index is 0.377. The second kappa shape index (κ2) is 4.63. The summed E-state index contributed by atoms with van der Waals surface area (Å²) in [5, 5.41) is 29.1. The first-order valence-corrected chi connectivity index (χ1v) is 4.54. The molecule has 0 aromatic heterocycles. The van der Waals surface area contributed by atoms with Crippen LogP contribution in [-0.2, 0) is 0 Å². The summed E-state index contributed by atoms with van der Waals surface area (Å²) in [5.74, 6) is -1.30. The predicted molar refractivity (Wildman–Crippen MR) is 58.2 cm³/mol. The maximum absolute atomic E-state index is 10.6. The first-order chi connectivity index (χ1) is 7.47. The monoisotopic (exact) mass is 224 g/mol. The van der Waals surface area contributed by atoms with Crippen LogP contribution in [0.5, 0.6) is 11.5 Å². The van der Waals surface area contributed by atoms with E-state index in [2.05, 4.69) is 6.58 Å². The standard InChI is InChI=1S/C10H12N2O4/c1-2-3-7(11)6-4-8(12(15)16)10(14)9(13)5-6/h2,4-5,7,13-14H,1,3,11H2/t7-/m0/s1. The van der Waals surface area contributed by atoms with Crippen LogP contribution >= 0.6 is 0 Å². The van der Waals surface area contributed by atoms with Gasteiger partial charge in [0.1, 0.15) is 0 Å². The van der Waals surface area contributed by atoms with E-state index >= 15 is 0 Å². The molecule has 6 heteroatoms. The van der Waals surface area contributed by atoms with Gasteiger partial charge in [-0.15, -0.1) is 6.58 Å². The molecule has 1 atom stereocenters. The zero-order valence-electron chi connectivity index (χ0n) is 8.46. The fourth-order valence-electron chi connectivity index (χ4n) is 1.29. The fraction of sp³-hybridized carbons (Fsp3) is 0.200. The van der Waals surface area contributed by atoms with Gasteiger partial charge in [-0.2, -0.15) is 0 Å². The smallest absolute Gasteiger partial charge is 0.314 e. The molecule has 0 unspecified atom stereocenters. The Bertz CT molecular complexity index is 431. The van der Waals surface area contributed by atoms with Crippen LogP contribution in [-0.4, -0.2) is 15.1 Å². The van der Waals surface area contributed by atoms with Crippen LogP contribution in [0.3, 0.4) is 0 Å². The highest BCUT2D eigenvalue weighted by molar-refractivity contribution is 5.56. The summed E-state index contributed by atoms with van der Waals surface area (Å²) in [4.78, 5) is 9.80. The molecule has 0 aliphatic rings. The summed E-state index contributed by atoms with van der Waals surface area (Å²) in [7, 11) is 0. The Balaban J connectivity index is 3.23. The van der Waals surface area contributed by atoms with Crippen LogP contribution < -0.4 is 5.73 Å². The number of nitrogens with two attached hydrogens (primary N) is 1. The van der Waals surface area contributed by atoms with Gasteiger partial charge in [0, 0.05) is 12.1 Å². The third-order valence-corrected chi connectivity index (χ3v) is 2.14. The Hall–Kier alpha value is -2.08. The molecule has 6 nitrogen and oxygen atoms in total. The Kier molecular flexibility index (Phi) is 3.47. The summed E-state index contributed by atoms with van der Waals surface area (Å²) in [6.45, 7) is 3.50. The SMILES string of the molecule is C=CC[C@H](N)c1cc(O)c(O)c([N+](=O)[O-])c1. The maximum atomic E-state index is 10.6. The molecule has 0 aliphatic heterocycles. The lowest BCUT2D eigenvalue weighted by Crippen LogP contribution is -2.09. The van der Waals surface area contributed by atoms with Gasteiger partial charge in [0.2, 0.25) is 5.75 Å². The minimum Gasteiger partial charge on any atom is -0.504 e. The molecule has 4 N–H and O–H groups in total. The highest BCUT2D eigenvalue weighted by Gasteiger charge is 2.20. The number of phenolic OH excluding ortho intramolecular Hbond substituents is 2. The first-order valence-electron chi connectivity index (χ1n) is 4.54. The molecule has 1 aromatic rings. The second-order valence-electron chi connectivity index (χ2n) is 3.30. The molecular weight excluding hydrogens is 212 g/mol. The third kappa shape index (κ3) is 2.29. The van der Waals surface area contributed by atoms with Crippen molar-refractivity contribution in [3.8, 4) is 11.5 Å². The number of benzene rings is 1. The van der Waals surface area contributed by atoms with Gasteiger partial charge in [0.15, 0.2) is 5.75 Å². The molecule has 0 saturated carbocycles. The zero-order valence-corrected chi connectivity index (χ0v) is 8.46. The molecule has 0 spiro atoms. The van der Waals surface area contributed by atoms with E-state index in [1.54, 1.807) is 6.08 Å². The zero-order chi connectivity index (χ0) is 12.3. The maximum Gasteiger partial charge on any atom is 0.314 e. The van der Waals surface area contributed by atoms with Crippen molar-refractivity contribution in [3.63, 3.8) is 0 Å². The Morgan fingerprint density at radius 1 is 1.56 bits per heavy atom. The highest BCUT2D eigenvalue weighted by atomic mass is 16.6. The van der Waals surface area contributed by atoms with E-state index in [1.165, 1.54) is 6.07 Å². The van der Waals surface area contributed by atoms with E-state index in [-0.39, 0.29) is 0 Å². The van der Waals surface area contributed by atoms with Crippen LogP contribution in [0.4, 0.5) is 5.69 Å². The van der Waals surface area contributed by atoms with Crippen molar-refractivity contribution >= 4 is 5.69 Å². The molecule has 0 heterocycles. The molecule has 0 amide bonds. The van der Waals surface area contributed by atoms with Gasteiger partial charge in [-0.05, 0) is 18.1 Å². The number of hydrogen-bond donors (Lipinski definition) is 3. The van der Waals surface area contributed by atoms with Crippen molar-refractivity contribution in [1.82, 2.24) is 0 Å². The summed E-state index contributed by atoms with van der Waals surface area (Å²) in [6.07, 6.45) is 1.99. The fourth-order valence-corrected chi connectivity index (χ4v) is 1.29. The van der Waals surface area contributed by atoms with Gasteiger partial charge in [-0.3, -0.25) is 10.1 Å². The highest BCUT2D eigenvalue weighted by Crippen LogP contribution is 2.37. The van der Waals surface area contributed by atoms with Crippen LogP contribution in [0.25, 0.3) is 0 Å². The molecule has 0 saturated heterocycles. The summed E-state index contributed by atoms with van der Waals surface area (Å²) in [5.41, 5.74) is 5.52. The normalized spacial score (nSPS) is 12.1. The average Bonchev–Trinajstić information content (AvgIpc) is 2.21. The number of phenols is 2. The predicted octanol–water partition coefficient (Wildman–Crippen LogP) is 1.58. The number of hydrogen-bond acceptors (Lipinski definition) is 5. The lowest BCUT2D eigenvalue weighted by Gasteiger charge is -2.10. The van der Waals surface area contributed by atoms with E-state index in [0.29, 0.717) is 12.0 Å². The minimum atomic E-state index is -0.779. The van der Waals surface area contributed by atoms with Crippen molar-refractivity contribution in [3.05, 3.63) is 40.5 Å². The van der Waals surface area contributed by atoms with Gasteiger partial charge in [0.25, 0.3) is 0 Å². The van der Waals surface area contributed by atoms with E-state index in [4.69, 9.17) is 5.73 Å². The molecule has 1 aromatic carbocycles. The topological polar surface area (TPSA) is 110 Å². The van der Waals surface area contributed by atoms with Crippen LogP contribution in [0.1, 0.15) is 18.0 Å². The number of nitro groups is 1. The summed E-state index contributed by atoms with van der Waals surface area (Å²) in [6, 6.07) is 1.85. The first kappa shape index (κ1) is 12.0. The van der Waals surface area contributed by atoms with Crippen molar-refractivity contribution < 1.29 is 15.1 Å². The van der Waals surface area contributed by atoms with Crippen LogP contribution in [0, 0.1) is 10.1 Å².